The van der Waals surface area contributed by atoms with Crippen LogP contribution in [0.2, 0.25) is 0 Å². The maximum atomic E-state index is 12.9. The number of anilines is 2. The fourth-order valence-corrected chi connectivity index (χ4v) is 4.07. The van der Waals surface area contributed by atoms with E-state index >= 15 is 0 Å². The molecule has 146 valence electrons. The van der Waals surface area contributed by atoms with Crippen LogP contribution in [0.15, 0.2) is 36.7 Å². The molecule has 0 aliphatic heterocycles. The first kappa shape index (κ1) is 18.8. The van der Waals surface area contributed by atoms with Gasteiger partial charge >= 0.3 is 6.18 Å². The van der Waals surface area contributed by atoms with Gasteiger partial charge in [-0.25, -0.2) is 15.0 Å². The molecule has 0 atom stereocenters. The van der Waals surface area contributed by atoms with Crippen molar-refractivity contribution in [1.29, 1.82) is 0 Å². The first-order valence-corrected chi connectivity index (χ1v) is 9.71. The van der Waals surface area contributed by atoms with Crippen molar-refractivity contribution < 1.29 is 13.2 Å². The van der Waals surface area contributed by atoms with Gasteiger partial charge in [-0.05, 0) is 48.2 Å². The second kappa shape index (κ2) is 7.48. The first-order chi connectivity index (χ1) is 13.4. The normalized spacial score (nSPS) is 14.7. The zero-order valence-electron chi connectivity index (χ0n) is 14.8. The van der Waals surface area contributed by atoms with Crippen molar-refractivity contribution in [3.63, 3.8) is 0 Å². The molecule has 3 N–H and O–H groups in total. The minimum Gasteiger partial charge on any atom is -0.326 e. The number of nitrogens with one attached hydrogen (secondary N) is 1. The Labute approximate surface area is 163 Å². The molecule has 1 aromatic carbocycles. The number of nitrogens with zero attached hydrogens (tertiary/aromatic N) is 3. The maximum Gasteiger partial charge on any atom is 0.433 e. The van der Waals surface area contributed by atoms with Crippen molar-refractivity contribution in [2.45, 2.75) is 37.9 Å². The van der Waals surface area contributed by atoms with Crippen molar-refractivity contribution >= 4 is 23.0 Å². The summed E-state index contributed by atoms with van der Waals surface area (Å²) in [7, 11) is 0. The third-order valence-corrected chi connectivity index (χ3v) is 5.90. The van der Waals surface area contributed by atoms with Crippen LogP contribution in [0.4, 0.5) is 24.8 Å². The van der Waals surface area contributed by atoms with E-state index in [1.165, 1.54) is 19.3 Å². The standard InChI is InChI=1S/C19H18F3N5S/c20-19(21,22)16-4-5-24-18(27-16)26-14-7-11(9-23)6-13(8-14)15-10-25-17(28-15)12-2-1-3-12/h4-8,10,12H,1-3,9,23H2,(H,24,26,27). The number of hydrogen-bond acceptors (Lipinski definition) is 6. The van der Waals surface area contributed by atoms with Crippen LogP contribution in [0.5, 0.6) is 0 Å². The molecule has 1 fully saturated rings. The number of halogens is 3. The SMILES string of the molecule is NCc1cc(Nc2nccc(C(F)(F)F)n2)cc(-c2cnc(C3CCC3)s2)c1. The lowest BCUT2D eigenvalue weighted by Crippen LogP contribution is -2.10. The van der Waals surface area contributed by atoms with Gasteiger partial charge in [0.2, 0.25) is 5.95 Å². The highest BCUT2D eigenvalue weighted by Crippen LogP contribution is 2.41. The number of alkyl halides is 3. The van der Waals surface area contributed by atoms with Crippen LogP contribution in [-0.4, -0.2) is 15.0 Å². The van der Waals surface area contributed by atoms with Gasteiger partial charge in [0.1, 0.15) is 5.69 Å². The maximum absolute atomic E-state index is 12.9. The molecule has 4 rings (SSSR count). The van der Waals surface area contributed by atoms with E-state index in [9.17, 15) is 13.2 Å². The number of benzene rings is 1. The van der Waals surface area contributed by atoms with E-state index in [-0.39, 0.29) is 5.95 Å². The fourth-order valence-electron chi connectivity index (χ4n) is 3.00. The molecule has 1 aliphatic carbocycles. The average Bonchev–Trinajstić information content (AvgIpc) is 3.09. The molecular formula is C19H18F3N5S. The summed E-state index contributed by atoms with van der Waals surface area (Å²) in [5.74, 6) is 0.432. The highest BCUT2D eigenvalue weighted by molar-refractivity contribution is 7.15. The molecule has 1 aliphatic rings. The number of hydrogen-bond donors (Lipinski definition) is 2. The summed E-state index contributed by atoms with van der Waals surface area (Å²) >= 11 is 1.65. The molecule has 0 spiro atoms. The van der Waals surface area contributed by atoms with E-state index in [0.717, 1.165) is 33.3 Å². The Morgan fingerprint density at radius 1 is 1.18 bits per heavy atom. The van der Waals surface area contributed by atoms with Gasteiger partial charge in [0.15, 0.2) is 0 Å². The van der Waals surface area contributed by atoms with Crippen molar-refractivity contribution in [3.05, 3.63) is 52.9 Å². The van der Waals surface area contributed by atoms with Crippen LogP contribution in [0.1, 0.15) is 41.4 Å². The van der Waals surface area contributed by atoms with Crippen molar-refractivity contribution in [2.75, 3.05) is 5.32 Å². The van der Waals surface area contributed by atoms with Gasteiger partial charge in [-0.2, -0.15) is 13.2 Å². The number of thiazole rings is 1. The van der Waals surface area contributed by atoms with Crippen LogP contribution < -0.4 is 11.1 Å². The van der Waals surface area contributed by atoms with Gasteiger partial charge < -0.3 is 11.1 Å². The molecule has 5 nitrogen and oxygen atoms in total. The van der Waals surface area contributed by atoms with Crippen LogP contribution >= 0.6 is 11.3 Å². The molecule has 28 heavy (non-hydrogen) atoms. The minimum absolute atomic E-state index is 0.116. The average molecular weight is 405 g/mol. The monoisotopic (exact) mass is 405 g/mol. The van der Waals surface area contributed by atoms with E-state index in [4.69, 9.17) is 5.73 Å². The summed E-state index contributed by atoms with van der Waals surface area (Å²) in [6, 6.07) is 6.43. The first-order valence-electron chi connectivity index (χ1n) is 8.90. The second-order valence-corrected chi connectivity index (χ2v) is 7.76. The van der Waals surface area contributed by atoms with Crippen molar-refractivity contribution in [2.24, 2.45) is 5.73 Å². The lowest BCUT2D eigenvalue weighted by Gasteiger charge is -2.22. The summed E-state index contributed by atoms with van der Waals surface area (Å²) in [6.07, 6.45) is 2.00. The summed E-state index contributed by atoms with van der Waals surface area (Å²) in [6.45, 7) is 0.306. The van der Waals surface area contributed by atoms with Crippen LogP contribution in [0.3, 0.4) is 0 Å². The predicted octanol–water partition coefficient (Wildman–Crippen LogP) is 5.09. The van der Waals surface area contributed by atoms with Crippen molar-refractivity contribution in [1.82, 2.24) is 15.0 Å². The van der Waals surface area contributed by atoms with Crippen LogP contribution in [-0.2, 0) is 12.7 Å². The molecule has 2 heterocycles. The lowest BCUT2D eigenvalue weighted by atomic mass is 9.86. The predicted molar refractivity (Wildman–Crippen MR) is 102 cm³/mol. The van der Waals surface area contributed by atoms with Gasteiger partial charge in [0, 0.05) is 30.5 Å². The van der Waals surface area contributed by atoms with Gasteiger partial charge in [0.05, 0.1) is 9.88 Å². The molecule has 0 unspecified atom stereocenters. The third kappa shape index (κ3) is 4.00. The molecule has 0 bridgehead atoms. The second-order valence-electron chi connectivity index (χ2n) is 6.70. The molecular weight excluding hydrogens is 387 g/mol. The van der Waals surface area contributed by atoms with Gasteiger partial charge in [-0.3, -0.25) is 0 Å². The topological polar surface area (TPSA) is 76.7 Å². The molecule has 0 radical (unpaired) electrons. The zero-order valence-corrected chi connectivity index (χ0v) is 15.6. The van der Waals surface area contributed by atoms with Gasteiger partial charge in [-0.15, -0.1) is 11.3 Å². The van der Waals surface area contributed by atoms with Gasteiger partial charge in [0.25, 0.3) is 0 Å². The third-order valence-electron chi connectivity index (χ3n) is 4.69. The van der Waals surface area contributed by atoms with Crippen LogP contribution in [0.25, 0.3) is 10.4 Å². The molecule has 3 aromatic rings. The number of rotatable bonds is 5. The van der Waals surface area contributed by atoms with Crippen LogP contribution in [0, 0.1) is 0 Å². The van der Waals surface area contributed by atoms with E-state index in [0.29, 0.717) is 18.2 Å². The summed E-state index contributed by atoms with van der Waals surface area (Å²) < 4.78 is 38.6. The van der Waals surface area contributed by atoms with Crippen molar-refractivity contribution in [3.8, 4) is 10.4 Å². The van der Waals surface area contributed by atoms with E-state index < -0.39 is 11.9 Å². The highest BCUT2D eigenvalue weighted by atomic mass is 32.1. The Kier molecular flexibility index (Phi) is 5.03. The zero-order chi connectivity index (χ0) is 19.7. The largest absolute Gasteiger partial charge is 0.433 e. The Morgan fingerprint density at radius 2 is 2.00 bits per heavy atom. The number of aromatic nitrogens is 3. The fraction of sp³-hybridized carbons (Fsp3) is 0.316. The smallest absolute Gasteiger partial charge is 0.326 e. The number of nitrogens with two attached hydrogens (primary N) is 1. The molecule has 2 aromatic heterocycles. The molecule has 0 saturated heterocycles. The Hall–Kier alpha value is -2.52. The lowest BCUT2D eigenvalue weighted by molar-refractivity contribution is -0.141. The highest BCUT2D eigenvalue weighted by Gasteiger charge is 2.32. The summed E-state index contributed by atoms with van der Waals surface area (Å²) in [5.41, 5.74) is 7.16. The summed E-state index contributed by atoms with van der Waals surface area (Å²) in [4.78, 5) is 13.0. The quantitative estimate of drug-likeness (QED) is 0.618. The molecule has 1 saturated carbocycles. The Balaban J connectivity index is 1.63. The van der Waals surface area contributed by atoms with Gasteiger partial charge in [-0.1, -0.05) is 6.42 Å². The van der Waals surface area contributed by atoms with E-state index in [1.807, 2.05) is 18.3 Å². The summed E-state index contributed by atoms with van der Waals surface area (Å²) in [5, 5.41) is 3.99. The Bertz CT molecular complexity index is 982. The Morgan fingerprint density at radius 3 is 2.68 bits per heavy atom. The minimum atomic E-state index is -4.52. The molecule has 0 amide bonds. The molecule has 9 heteroatoms. The van der Waals surface area contributed by atoms with E-state index in [2.05, 4.69) is 20.3 Å². The van der Waals surface area contributed by atoms with E-state index in [1.54, 1.807) is 17.4 Å².